The Morgan fingerprint density at radius 3 is 2.37 bits per heavy atom. The number of nitro benzene ring substituents is 1. The van der Waals surface area contributed by atoms with Crippen molar-refractivity contribution in [3.63, 3.8) is 0 Å². The Kier molecular flexibility index (Phi) is 6.61. The SMILES string of the molecule is C[C@@H](C(=O)NO)N(Cc1ccccc1[N+](=O)[O-])S(=O)(=O)Cc1ccccc1. The molecule has 0 aliphatic rings. The number of nitro groups is 1. The number of carbonyl (C=O) groups is 1. The van der Waals surface area contributed by atoms with E-state index in [1.807, 2.05) is 0 Å². The van der Waals surface area contributed by atoms with E-state index in [1.54, 1.807) is 36.4 Å². The highest BCUT2D eigenvalue weighted by atomic mass is 32.2. The topological polar surface area (TPSA) is 130 Å². The van der Waals surface area contributed by atoms with Gasteiger partial charge in [-0.2, -0.15) is 4.31 Å². The standard InChI is InChI=1S/C17H19N3O6S/c1-13(17(21)18-22)19(11-15-9-5-6-10-16(15)20(23)24)27(25,26)12-14-7-3-2-4-8-14/h2-10,13,22H,11-12H2,1H3,(H,18,21)/t13-/m0/s1. The third kappa shape index (κ3) is 5.09. The van der Waals surface area contributed by atoms with E-state index >= 15 is 0 Å². The lowest BCUT2D eigenvalue weighted by atomic mass is 10.1. The average molecular weight is 393 g/mol. The number of amides is 1. The Labute approximate surface area is 156 Å². The Balaban J connectivity index is 2.43. The van der Waals surface area contributed by atoms with Crippen molar-refractivity contribution < 1.29 is 23.3 Å². The van der Waals surface area contributed by atoms with Crippen molar-refractivity contribution in [2.45, 2.75) is 25.3 Å². The van der Waals surface area contributed by atoms with Crippen LogP contribution in [0.4, 0.5) is 5.69 Å². The molecule has 0 saturated carbocycles. The number of benzene rings is 2. The molecule has 0 fully saturated rings. The summed E-state index contributed by atoms with van der Waals surface area (Å²) in [6.45, 7) is 0.907. The maximum Gasteiger partial charge on any atom is 0.273 e. The highest BCUT2D eigenvalue weighted by molar-refractivity contribution is 7.88. The van der Waals surface area contributed by atoms with Crippen LogP contribution in [0.3, 0.4) is 0 Å². The van der Waals surface area contributed by atoms with Gasteiger partial charge in [0.1, 0.15) is 6.04 Å². The number of hydroxylamine groups is 1. The number of hydrogen-bond donors (Lipinski definition) is 2. The maximum atomic E-state index is 12.9. The van der Waals surface area contributed by atoms with E-state index in [0.717, 1.165) is 4.31 Å². The van der Waals surface area contributed by atoms with Crippen LogP contribution in [0.1, 0.15) is 18.1 Å². The minimum absolute atomic E-state index is 0.136. The minimum atomic E-state index is -4.03. The number of sulfonamides is 1. The predicted octanol–water partition coefficient (Wildman–Crippen LogP) is 1.82. The fraction of sp³-hybridized carbons (Fsp3) is 0.235. The van der Waals surface area contributed by atoms with Crippen LogP contribution in [0.15, 0.2) is 54.6 Å². The quantitative estimate of drug-likeness (QED) is 0.400. The highest BCUT2D eigenvalue weighted by Gasteiger charge is 2.33. The van der Waals surface area contributed by atoms with Gasteiger partial charge in [-0.25, -0.2) is 13.9 Å². The summed E-state index contributed by atoms with van der Waals surface area (Å²) >= 11 is 0. The smallest absolute Gasteiger partial charge is 0.273 e. The van der Waals surface area contributed by atoms with Crippen molar-refractivity contribution in [3.05, 3.63) is 75.8 Å². The van der Waals surface area contributed by atoms with E-state index in [9.17, 15) is 23.3 Å². The maximum absolute atomic E-state index is 12.9. The molecule has 2 aromatic carbocycles. The molecule has 1 amide bonds. The largest absolute Gasteiger partial charge is 0.289 e. The molecule has 0 aromatic heterocycles. The van der Waals surface area contributed by atoms with Gasteiger partial charge < -0.3 is 0 Å². The van der Waals surface area contributed by atoms with Crippen molar-refractivity contribution in [2.24, 2.45) is 0 Å². The Morgan fingerprint density at radius 2 is 1.78 bits per heavy atom. The molecule has 2 rings (SSSR count). The molecule has 0 spiro atoms. The first-order valence-electron chi connectivity index (χ1n) is 7.96. The fourth-order valence-electron chi connectivity index (χ4n) is 2.56. The van der Waals surface area contributed by atoms with Gasteiger partial charge in [0, 0.05) is 18.2 Å². The Hall–Kier alpha value is -2.82. The lowest BCUT2D eigenvalue weighted by Gasteiger charge is -2.27. The number of rotatable bonds is 8. The summed E-state index contributed by atoms with van der Waals surface area (Å²) < 4.78 is 26.7. The molecule has 0 bridgehead atoms. The average Bonchev–Trinajstić information content (AvgIpc) is 2.65. The van der Waals surface area contributed by atoms with Crippen molar-refractivity contribution in [2.75, 3.05) is 0 Å². The lowest BCUT2D eigenvalue weighted by molar-refractivity contribution is -0.385. The summed E-state index contributed by atoms with van der Waals surface area (Å²) in [5.74, 6) is -1.33. The first kappa shape index (κ1) is 20.5. The molecule has 0 aliphatic carbocycles. The van der Waals surface area contributed by atoms with Crippen LogP contribution in [0.5, 0.6) is 0 Å². The van der Waals surface area contributed by atoms with Crippen molar-refractivity contribution in [1.82, 2.24) is 9.79 Å². The van der Waals surface area contributed by atoms with Gasteiger partial charge in [-0.1, -0.05) is 48.5 Å². The Bertz CT molecular complexity index is 917. The molecule has 0 aliphatic heterocycles. The van der Waals surface area contributed by atoms with Gasteiger partial charge in [0.05, 0.1) is 10.7 Å². The summed E-state index contributed by atoms with van der Waals surface area (Å²) in [5, 5.41) is 20.1. The third-order valence-corrected chi connectivity index (χ3v) is 5.84. The van der Waals surface area contributed by atoms with E-state index in [0.29, 0.717) is 5.56 Å². The van der Waals surface area contributed by atoms with Gasteiger partial charge in [0.15, 0.2) is 0 Å². The summed E-state index contributed by atoms with van der Waals surface area (Å²) in [7, 11) is -4.03. The van der Waals surface area contributed by atoms with Crippen LogP contribution in [-0.2, 0) is 27.1 Å². The molecule has 0 heterocycles. The molecular weight excluding hydrogens is 374 g/mol. The molecule has 27 heavy (non-hydrogen) atoms. The van der Waals surface area contributed by atoms with Crippen LogP contribution >= 0.6 is 0 Å². The van der Waals surface area contributed by atoms with Crippen LogP contribution in [0.2, 0.25) is 0 Å². The van der Waals surface area contributed by atoms with Crippen LogP contribution in [0.25, 0.3) is 0 Å². The van der Waals surface area contributed by atoms with Crippen LogP contribution < -0.4 is 5.48 Å². The number of carbonyl (C=O) groups excluding carboxylic acids is 1. The van der Waals surface area contributed by atoms with Gasteiger partial charge in [-0.05, 0) is 12.5 Å². The van der Waals surface area contributed by atoms with E-state index in [-0.39, 0.29) is 17.8 Å². The van der Waals surface area contributed by atoms with Gasteiger partial charge >= 0.3 is 0 Å². The molecule has 10 heteroatoms. The highest BCUT2D eigenvalue weighted by Crippen LogP contribution is 2.24. The third-order valence-electron chi connectivity index (χ3n) is 3.99. The van der Waals surface area contributed by atoms with Gasteiger partial charge in [-0.15, -0.1) is 0 Å². The predicted molar refractivity (Wildman–Crippen MR) is 97.1 cm³/mol. The van der Waals surface area contributed by atoms with E-state index in [1.165, 1.54) is 30.6 Å². The molecule has 2 N–H and O–H groups in total. The summed E-state index contributed by atoms with van der Waals surface area (Å²) in [6.07, 6.45) is 0. The summed E-state index contributed by atoms with van der Waals surface area (Å²) in [6, 6.07) is 12.8. The second kappa shape index (κ2) is 8.71. The molecule has 144 valence electrons. The summed E-state index contributed by atoms with van der Waals surface area (Å²) in [4.78, 5) is 22.5. The number of hydrogen-bond acceptors (Lipinski definition) is 6. The molecule has 0 unspecified atom stereocenters. The minimum Gasteiger partial charge on any atom is -0.289 e. The lowest BCUT2D eigenvalue weighted by Crippen LogP contribution is -2.47. The van der Waals surface area contributed by atoms with Crippen LogP contribution in [0, 0.1) is 10.1 Å². The summed E-state index contributed by atoms with van der Waals surface area (Å²) in [5.41, 5.74) is 1.81. The zero-order valence-electron chi connectivity index (χ0n) is 14.5. The number of nitrogens with one attached hydrogen (secondary N) is 1. The van der Waals surface area contributed by atoms with E-state index in [4.69, 9.17) is 5.21 Å². The monoisotopic (exact) mass is 393 g/mol. The Morgan fingerprint density at radius 1 is 1.19 bits per heavy atom. The zero-order valence-corrected chi connectivity index (χ0v) is 15.3. The second-order valence-electron chi connectivity index (χ2n) is 5.82. The fourth-order valence-corrected chi connectivity index (χ4v) is 4.25. The van der Waals surface area contributed by atoms with Crippen LogP contribution in [-0.4, -0.2) is 34.8 Å². The van der Waals surface area contributed by atoms with Gasteiger partial charge in [-0.3, -0.25) is 20.1 Å². The number of nitrogens with zero attached hydrogens (tertiary/aromatic N) is 2. The van der Waals surface area contributed by atoms with Crippen molar-refractivity contribution in [1.29, 1.82) is 0 Å². The van der Waals surface area contributed by atoms with Gasteiger partial charge in [0.2, 0.25) is 10.0 Å². The van der Waals surface area contributed by atoms with E-state index < -0.39 is 32.6 Å². The first-order chi connectivity index (χ1) is 12.8. The second-order valence-corrected chi connectivity index (χ2v) is 7.75. The van der Waals surface area contributed by atoms with Gasteiger partial charge in [0.25, 0.3) is 11.6 Å². The van der Waals surface area contributed by atoms with E-state index in [2.05, 4.69) is 0 Å². The first-order valence-corrected chi connectivity index (χ1v) is 9.57. The van der Waals surface area contributed by atoms with Crippen molar-refractivity contribution in [3.8, 4) is 0 Å². The molecule has 9 nitrogen and oxygen atoms in total. The number of para-hydroxylation sites is 1. The zero-order chi connectivity index (χ0) is 20.0. The molecular formula is C17H19N3O6S. The molecule has 0 radical (unpaired) electrons. The van der Waals surface area contributed by atoms with Crippen molar-refractivity contribution >= 4 is 21.6 Å². The molecule has 0 saturated heterocycles. The molecule has 1 atom stereocenters. The normalized spacial score (nSPS) is 12.6. The molecule has 2 aromatic rings.